The van der Waals surface area contributed by atoms with Gasteiger partial charge in [0.25, 0.3) is 0 Å². The van der Waals surface area contributed by atoms with E-state index in [-0.39, 0.29) is 9.41 Å². The van der Waals surface area contributed by atoms with Crippen LogP contribution in [0, 0.1) is 0 Å². The average molecular weight is 210 g/mol. The highest BCUT2D eigenvalue weighted by atomic mass is 19.3. The van der Waals surface area contributed by atoms with Crippen LogP contribution in [0.4, 0.5) is 27.0 Å². The van der Waals surface area contributed by atoms with Gasteiger partial charge in [-0.1, -0.05) is 6.08 Å². The summed E-state index contributed by atoms with van der Waals surface area (Å²) < 4.78 is 41.1. The zero-order valence-electron chi connectivity index (χ0n) is 7.03. The van der Waals surface area contributed by atoms with Crippen LogP contribution in [0.25, 0.3) is 0 Å². The molecule has 0 nitrogen and oxygen atoms in total. The van der Waals surface area contributed by atoms with E-state index < -0.39 is 12.2 Å². The Morgan fingerprint density at radius 1 is 0.923 bits per heavy atom. The maximum Gasteiger partial charge on any atom is 0.334 e. The van der Waals surface area contributed by atoms with Crippen LogP contribution in [0.3, 0.4) is 0 Å². The van der Waals surface area contributed by atoms with Crippen molar-refractivity contribution in [1.29, 1.82) is 0 Å². The van der Waals surface area contributed by atoms with Crippen LogP contribution in [0.1, 0.15) is 6.92 Å². The Hall–Kier alpha value is -1.20. The zero-order valence-corrected chi connectivity index (χ0v) is 7.03. The van der Waals surface area contributed by atoms with Gasteiger partial charge < -0.3 is 0 Å². The van der Waals surface area contributed by atoms with Crippen LogP contribution >= 0.6 is 0 Å². The van der Waals surface area contributed by atoms with E-state index in [1.165, 1.54) is 0 Å². The Morgan fingerprint density at radius 3 is 1.00 bits per heavy atom. The molecule has 13 heavy (non-hydrogen) atoms. The number of allylic oxidation sites excluding steroid dienone is 1. The molecule has 0 saturated heterocycles. The predicted octanol–water partition coefficient (Wildman–Crippen LogP) is 4.29. The molecule has 0 aliphatic heterocycles. The third-order valence-corrected chi connectivity index (χ3v) is 0.143. The molecule has 0 fully saturated rings. The Labute approximate surface area is 73.0 Å². The largest absolute Gasteiger partial charge is 0.334 e. The van der Waals surface area contributed by atoms with Crippen LogP contribution in [0.2, 0.25) is 0 Å². The first kappa shape index (κ1) is 29.8. The molecule has 0 unspecified atom stereocenters. The second-order valence-corrected chi connectivity index (χ2v) is 0.929. The highest BCUT2D eigenvalue weighted by molar-refractivity contribution is 4.77. The molecule has 0 rings (SSSR count). The third-order valence-electron chi connectivity index (χ3n) is 0.143. The van der Waals surface area contributed by atoms with Gasteiger partial charge in [-0.15, -0.1) is 19.7 Å². The monoisotopic (exact) mass is 210 g/mol. The van der Waals surface area contributed by atoms with Gasteiger partial charge in [-0.25, -0.2) is 0 Å². The summed E-state index contributed by atoms with van der Waals surface area (Å²) in [6.07, 6.45) is -4.06. The van der Waals surface area contributed by atoms with Gasteiger partial charge in [0.15, 0.2) is 0 Å². The Bertz CT molecular complexity index is 102. The van der Waals surface area contributed by atoms with Crippen molar-refractivity contribution in [1.82, 2.24) is 0 Å². The maximum atomic E-state index is 10.3. The first-order valence-electron chi connectivity index (χ1n) is 2.49. The lowest BCUT2D eigenvalue weighted by Crippen LogP contribution is -1.56. The minimum atomic E-state index is -2.91. The lowest BCUT2D eigenvalue weighted by molar-refractivity contribution is 0.308. The first-order valence-corrected chi connectivity index (χ1v) is 2.49. The molecule has 82 valence electrons. The first-order chi connectivity index (χ1) is 5.06. The quantitative estimate of drug-likeness (QED) is 0.413. The van der Waals surface area contributed by atoms with Crippen LogP contribution < -0.4 is 0 Å². The summed E-state index contributed by atoms with van der Waals surface area (Å²) in [7, 11) is 0. The number of halogens is 6. The van der Waals surface area contributed by atoms with Gasteiger partial charge in [0, 0.05) is 0 Å². The van der Waals surface area contributed by atoms with Crippen molar-refractivity contribution in [3.8, 4) is 0 Å². The van der Waals surface area contributed by atoms with Gasteiger partial charge in [0.1, 0.15) is 0 Å². The number of hydrogen-bond acceptors (Lipinski definition) is 0. The lowest BCUT2D eigenvalue weighted by Gasteiger charge is -1.69. The fraction of sp³-hybridized carbons (Fsp3) is 0.143. The second-order valence-electron chi connectivity index (χ2n) is 0.929. The fourth-order valence-corrected chi connectivity index (χ4v) is 0. The third kappa shape index (κ3) is 107. The van der Waals surface area contributed by atoms with Crippen molar-refractivity contribution in [2.75, 3.05) is 0 Å². The Morgan fingerprint density at radius 2 is 1.00 bits per heavy atom. The van der Waals surface area contributed by atoms with Crippen molar-refractivity contribution in [3.63, 3.8) is 0 Å². The second kappa shape index (κ2) is 30.8. The van der Waals surface area contributed by atoms with E-state index in [1.807, 2.05) is 6.92 Å². The molecule has 0 aliphatic rings. The Balaban J connectivity index is -0.0000000268. The van der Waals surface area contributed by atoms with Crippen molar-refractivity contribution < 1.29 is 27.0 Å². The molecule has 0 bridgehead atoms. The summed E-state index contributed by atoms with van der Waals surface area (Å²) in [5, 5.41) is 0. The molecule has 0 aromatic carbocycles. The molecule has 0 aliphatic carbocycles. The molecular formula is C7H12F6. The zero-order chi connectivity index (χ0) is 9.86. The minimum Gasteiger partial charge on any atom is -0.269 e. The molecule has 0 aromatic heterocycles. The number of hydrogen-bond donors (Lipinski definition) is 0. The van der Waals surface area contributed by atoms with Gasteiger partial charge in [-0.3, -0.25) is 9.41 Å². The van der Waals surface area contributed by atoms with Crippen LogP contribution in [-0.2, 0) is 0 Å². The van der Waals surface area contributed by atoms with E-state index in [1.54, 1.807) is 6.08 Å². The fourth-order valence-electron chi connectivity index (χ4n) is 0. The van der Waals surface area contributed by atoms with Crippen molar-refractivity contribution >= 4 is 0 Å². The normalized spacial score (nSPS) is 5.00. The SMILES string of the molecule is C=C.C=CC.F.F.FC(F)=C(F)F. The van der Waals surface area contributed by atoms with Crippen molar-refractivity contribution in [2.24, 2.45) is 0 Å². The van der Waals surface area contributed by atoms with Crippen molar-refractivity contribution in [2.45, 2.75) is 6.92 Å². The molecule has 0 heterocycles. The van der Waals surface area contributed by atoms with E-state index in [2.05, 4.69) is 19.7 Å². The van der Waals surface area contributed by atoms with E-state index >= 15 is 0 Å². The minimum absolute atomic E-state index is 0. The van der Waals surface area contributed by atoms with E-state index in [0.29, 0.717) is 0 Å². The molecule has 0 atom stereocenters. The highest BCUT2D eigenvalue weighted by Crippen LogP contribution is 2.08. The van der Waals surface area contributed by atoms with Gasteiger partial charge >= 0.3 is 12.2 Å². The molecule has 0 aromatic rings. The molecule has 0 radical (unpaired) electrons. The van der Waals surface area contributed by atoms with Crippen LogP contribution in [0.5, 0.6) is 0 Å². The van der Waals surface area contributed by atoms with Crippen LogP contribution in [0.15, 0.2) is 38.0 Å². The molecule has 0 N–H and O–H groups in total. The molecular weight excluding hydrogens is 198 g/mol. The van der Waals surface area contributed by atoms with Gasteiger partial charge in [0.2, 0.25) is 0 Å². The van der Waals surface area contributed by atoms with Gasteiger partial charge in [0.05, 0.1) is 0 Å². The summed E-state index contributed by atoms with van der Waals surface area (Å²) in [5.41, 5.74) is 0. The smallest absolute Gasteiger partial charge is 0.269 e. The van der Waals surface area contributed by atoms with E-state index in [4.69, 9.17) is 0 Å². The summed E-state index contributed by atoms with van der Waals surface area (Å²) in [5.74, 6) is 0. The molecule has 6 heteroatoms. The van der Waals surface area contributed by atoms with Gasteiger partial charge in [-0.05, 0) is 6.92 Å². The summed E-state index contributed by atoms with van der Waals surface area (Å²) in [6.45, 7) is 11.2. The van der Waals surface area contributed by atoms with Crippen LogP contribution in [-0.4, -0.2) is 0 Å². The lowest BCUT2D eigenvalue weighted by atomic mass is 10.8. The average Bonchev–Trinajstić information content (AvgIpc) is 1.93. The summed E-state index contributed by atoms with van der Waals surface area (Å²) >= 11 is 0. The van der Waals surface area contributed by atoms with E-state index in [9.17, 15) is 17.6 Å². The topological polar surface area (TPSA) is 0 Å². The summed E-state index contributed by atoms with van der Waals surface area (Å²) in [4.78, 5) is 0. The molecule has 0 saturated carbocycles. The Kier molecular flexibility index (Phi) is 70.6. The van der Waals surface area contributed by atoms with Crippen molar-refractivity contribution in [3.05, 3.63) is 38.0 Å². The molecule has 0 amide bonds. The highest BCUT2D eigenvalue weighted by Gasteiger charge is 1.98. The standard InChI is InChI=1S/C3H6.C2F4.C2H4.2FH/c1-3-2;3-1(4)2(5)6;1-2;;/h3H,1H2,2H3;;1-2H2;2*1H. The predicted molar refractivity (Wildman–Crippen MR) is 43.6 cm³/mol. The maximum absolute atomic E-state index is 10.3. The summed E-state index contributed by atoms with van der Waals surface area (Å²) in [6, 6.07) is 0. The van der Waals surface area contributed by atoms with Gasteiger partial charge in [-0.2, -0.15) is 17.6 Å². The van der Waals surface area contributed by atoms with E-state index in [0.717, 1.165) is 0 Å². The number of rotatable bonds is 0. The molecule has 0 spiro atoms.